The van der Waals surface area contributed by atoms with Crippen LogP contribution in [0.3, 0.4) is 0 Å². The number of likely N-dealkylation sites (tertiary alicyclic amines) is 1. The maximum atomic E-state index is 12.1. The molecule has 1 aliphatic heterocycles. The molecular formula is C19H25N3O. The van der Waals surface area contributed by atoms with E-state index < -0.39 is 0 Å². The van der Waals surface area contributed by atoms with Crippen LogP contribution in [-0.2, 0) is 11.3 Å². The van der Waals surface area contributed by atoms with Gasteiger partial charge in [-0.1, -0.05) is 12.1 Å². The first kappa shape index (κ1) is 15.9. The molecule has 4 heteroatoms. The van der Waals surface area contributed by atoms with Gasteiger partial charge in [0.15, 0.2) is 0 Å². The number of aryl methyl sites for hydroxylation is 1. The van der Waals surface area contributed by atoms with Gasteiger partial charge in [0.2, 0.25) is 5.91 Å². The van der Waals surface area contributed by atoms with E-state index in [1.54, 1.807) is 0 Å². The average Bonchev–Trinajstić information content (AvgIpc) is 2.55. The fourth-order valence-corrected chi connectivity index (χ4v) is 3.37. The molecule has 0 unspecified atom stereocenters. The van der Waals surface area contributed by atoms with Crippen LogP contribution in [0.4, 0.5) is 0 Å². The van der Waals surface area contributed by atoms with E-state index in [1.807, 2.05) is 13.8 Å². The third-order valence-electron chi connectivity index (χ3n) is 4.53. The number of fused-ring (bicyclic) bond motifs is 1. The Morgan fingerprint density at radius 1 is 1.35 bits per heavy atom. The van der Waals surface area contributed by atoms with Crippen molar-refractivity contribution >= 4 is 16.8 Å². The molecule has 0 aliphatic carbocycles. The quantitative estimate of drug-likeness (QED) is 0.944. The molecule has 1 aliphatic rings. The van der Waals surface area contributed by atoms with Gasteiger partial charge in [0.25, 0.3) is 0 Å². The molecule has 0 bridgehead atoms. The van der Waals surface area contributed by atoms with Crippen molar-refractivity contribution in [2.45, 2.75) is 33.2 Å². The standard InChI is InChI=1S/C19H25N3O/c1-3-20-19(23)17-5-4-10-22(13-17)12-15-7-9-18-16(11-15)8-6-14(2)21-18/h6-9,11,17H,3-5,10,12-13H2,1-2H3,(H,20,23)/t17-/m0/s1. The minimum atomic E-state index is 0.133. The summed E-state index contributed by atoms with van der Waals surface area (Å²) in [4.78, 5) is 19.0. The number of piperidine rings is 1. The van der Waals surface area contributed by atoms with Gasteiger partial charge in [-0.3, -0.25) is 14.7 Å². The van der Waals surface area contributed by atoms with E-state index in [0.29, 0.717) is 6.54 Å². The van der Waals surface area contributed by atoms with E-state index in [-0.39, 0.29) is 11.8 Å². The number of nitrogens with zero attached hydrogens (tertiary/aromatic N) is 2. The van der Waals surface area contributed by atoms with Crippen molar-refractivity contribution in [2.75, 3.05) is 19.6 Å². The molecule has 4 nitrogen and oxygen atoms in total. The average molecular weight is 311 g/mol. The Morgan fingerprint density at radius 3 is 3.04 bits per heavy atom. The lowest BCUT2D eigenvalue weighted by molar-refractivity contribution is -0.126. The van der Waals surface area contributed by atoms with E-state index >= 15 is 0 Å². The van der Waals surface area contributed by atoms with Crippen LogP contribution in [0.15, 0.2) is 30.3 Å². The Kier molecular flexibility index (Phi) is 4.91. The van der Waals surface area contributed by atoms with Crippen molar-refractivity contribution in [1.29, 1.82) is 0 Å². The van der Waals surface area contributed by atoms with E-state index in [2.05, 4.69) is 45.5 Å². The fourth-order valence-electron chi connectivity index (χ4n) is 3.37. The molecule has 1 N–H and O–H groups in total. The molecule has 1 aromatic heterocycles. The van der Waals surface area contributed by atoms with Crippen molar-refractivity contribution in [3.63, 3.8) is 0 Å². The Balaban J connectivity index is 1.68. The van der Waals surface area contributed by atoms with Crippen LogP contribution in [0.5, 0.6) is 0 Å². The van der Waals surface area contributed by atoms with Gasteiger partial charge in [-0.05, 0) is 57.0 Å². The third kappa shape index (κ3) is 3.88. The highest BCUT2D eigenvalue weighted by molar-refractivity contribution is 5.79. The second-order valence-corrected chi connectivity index (χ2v) is 6.45. The van der Waals surface area contributed by atoms with Gasteiger partial charge in [-0.2, -0.15) is 0 Å². The van der Waals surface area contributed by atoms with Crippen molar-refractivity contribution in [3.05, 3.63) is 41.6 Å². The molecular weight excluding hydrogens is 286 g/mol. The Labute approximate surface area is 137 Å². The highest BCUT2D eigenvalue weighted by Crippen LogP contribution is 2.21. The minimum absolute atomic E-state index is 0.133. The highest BCUT2D eigenvalue weighted by atomic mass is 16.1. The monoisotopic (exact) mass is 311 g/mol. The number of amides is 1. The van der Waals surface area contributed by atoms with Crippen LogP contribution < -0.4 is 5.32 Å². The van der Waals surface area contributed by atoms with Gasteiger partial charge in [0.1, 0.15) is 0 Å². The number of carbonyl (C=O) groups excluding carboxylic acids is 1. The number of carbonyl (C=O) groups is 1. The van der Waals surface area contributed by atoms with E-state index in [4.69, 9.17) is 0 Å². The molecule has 1 atom stereocenters. The molecule has 23 heavy (non-hydrogen) atoms. The summed E-state index contributed by atoms with van der Waals surface area (Å²) in [7, 11) is 0. The summed E-state index contributed by atoms with van der Waals surface area (Å²) in [6.45, 7) is 7.54. The summed E-state index contributed by atoms with van der Waals surface area (Å²) in [5.41, 5.74) is 3.39. The second-order valence-electron chi connectivity index (χ2n) is 6.45. The van der Waals surface area contributed by atoms with Crippen LogP contribution in [0.2, 0.25) is 0 Å². The maximum absolute atomic E-state index is 12.1. The molecule has 122 valence electrons. The number of rotatable bonds is 4. The van der Waals surface area contributed by atoms with Crippen molar-refractivity contribution in [1.82, 2.24) is 15.2 Å². The summed E-state index contributed by atoms with van der Waals surface area (Å²) < 4.78 is 0. The fraction of sp³-hybridized carbons (Fsp3) is 0.474. The van der Waals surface area contributed by atoms with Crippen LogP contribution in [0.25, 0.3) is 10.9 Å². The lowest BCUT2D eigenvalue weighted by atomic mass is 9.96. The van der Waals surface area contributed by atoms with Crippen LogP contribution >= 0.6 is 0 Å². The van der Waals surface area contributed by atoms with Crippen LogP contribution in [0.1, 0.15) is 31.0 Å². The van der Waals surface area contributed by atoms with Gasteiger partial charge in [-0.15, -0.1) is 0 Å². The maximum Gasteiger partial charge on any atom is 0.224 e. The molecule has 0 saturated carbocycles. The van der Waals surface area contributed by atoms with Crippen LogP contribution in [-0.4, -0.2) is 35.4 Å². The van der Waals surface area contributed by atoms with Crippen LogP contribution in [0, 0.1) is 12.8 Å². The third-order valence-corrected chi connectivity index (χ3v) is 4.53. The molecule has 0 spiro atoms. The highest BCUT2D eigenvalue weighted by Gasteiger charge is 2.25. The summed E-state index contributed by atoms with van der Waals surface area (Å²) in [5, 5.41) is 4.14. The van der Waals surface area contributed by atoms with Gasteiger partial charge < -0.3 is 5.32 Å². The smallest absolute Gasteiger partial charge is 0.224 e. The molecule has 1 aromatic carbocycles. The molecule has 0 radical (unpaired) electrons. The number of hydrogen-bond acceptors (Lipinski definition) is 3. The van der Waals surface area contributed by atoms with E-state index in [1.165, 1.54) is 10.9 Å². The zero-order chi connectivity index (χ0) is 16.2. The Bertz CT molecular complexity index is 698. The molecule has 3 rings (SSSR count). The van der Waals surface area contributed by atoms with Gasteiger partial charge in [0, 0.05) is 30.7 Å². The predicted molar refractivity (Wildman–Crippen MR) is 93.2 cm³/mol. The predicted octanol–water partition coefficient (Wildman–Crippen LogP) is 2.89. The first-order valence-corrected chi connectivity index (χ1v) is 8.52. The van der Waals surface area contributed by atoms with E-state index in [9.17, 15) is 4.79 Å². The largest absolute Gasteiger partial charge is 0.356 e. The zero-order valence-electron chi connectivity index (χ0n) is 14.0. The van der Waals surface area contributed by atoms with Gasteiger partial charge in [0.05, 0.1) is 11.4 Å². The summed E-state index contributed by atoms with van der Waals surface area (Å²) in [6.07, 6.45) is 2.10. The van der Waals surface area contributed by atoms with Crippen molar-refractivity contribution in [2.24, 2.45) is 5.92 Å². The lowest BCUT2D eigenvalue weighted by Gasteiger charge is -2.32. The SMILES string of the molecule is CCNC(=O)[C@H]1CCCN(Cc2ccc3nc(C)ccc3c2)C1. The second kappa shape index (κ2) is 7.09. The number of hydrogen-bond donors (Lipinski definition) is 1. The molecule has 2 heterocycles. The summed E-state index contributed by atoms with van der Waals surface area (Å²) >= 11 is 0. The number of nitrogens with one attached hydrogen (secondary N) is 1. The topological polar surface area (TPSA) is 45.2 Å². The first-order chi connectivity index (χ1) is 11.2. The summed E-state index contributed by atoms with van der Waals surface area (Å²) in [6, 6.07) is 10.7. The Hall–Kier alpha value is -1.94. The Morgan fingerprint density at radius 2 is 2.22 bits per heavy atom. The van der Waals surface area contributed by atoms with E-state index in [0.717, 1.165) is 43.7 Å². The van der Waals surface area contributed by atoms with Gasteiger partial charge in [-0.25, -0.2) is 0 Å². The molecule has 1 saturated heterocycles. The molecule has 2 aromatic rings. The van der Waals surface area contributed by atoms with Crippen molar-refractivity contribution < 1.29 is 4.79 Å². The lowest BCUT2D eigenvalue weighted by Crippen LogP contribution is -2.42. The minimum Gasteiger partial charge on any atom is -0.356 e. The number of aromatic nitrogens is 1. The zero-order valence-corrected chi connectivity index (χ0v) is 14.0. The normalized spacial score (nSPS) is 19.0. The summed E-state index contributed by atoms with van der Waals surface area (Å²) in [5.74, 6) is 0.337. The number of benzene rings is 1. The first-order valence-electron chi connectivity index (χ1n) is 8.52. The molecule has 1 amide bonds. The van der Waals surface area contributed by atoms with Gasteiger partial charge >= 0.3 is 0 Å². The van der Waals surface area contributed by atoms with Crippen molar-refractivity contribution in [3.8, 4) is 0 Å². The molecule has 1 fully saturated rings. The number of pyridine rings is 1.